The summed E-state index contributed by atoms with van der Waals surface area (Å²) in [5, 5.41) is 61.3. The van der Waals surface area contributed by atoms with Crippen LogP contribution in [0.4, 0.5) is 0 Å². The number of carbonyl (C=O) groups is 1. The third-order valence-corrected chi connectivity index (χ3v) is 6.14. The van der Waals surface area contributed by atoms with E-state index in [4.69, 9.17) is 9.47 Å². The number of phenols is 2. The van der Waals surface area contributed by atoms with Gasteiger partial charge in [0, 0.05) is 11.5 Å². The second kappa shape index (κ2) is 7.77. The van der Waals surface area contributed by atoms with Gasteiger partial charge in [0.05, 0.1) is 25.4 Å². The van der Waals surface area contributed by atoms with E-state index < -0.39 is 48.8 Å². The highest BCUT2D eigenvalue weighted by molar-refractivity contribution is 6.15. The molecule has 6 N–H and O–H groups in total. The van der Waals surface area contributed by atoms with E-state index in [9.17, 15) is 35.4 Å². The zero-order chi connectivity index (χ0) is 22.6. The zero-order valence-corrected chi connectivity index (χ0v) is 16.9. The van der Waals surface area contributed by atoms with Crippen LogP contribution in [0.1, 0.15) is 38.5 Å². The molecular weight excluding hydrogens is 408 g/mol. The average molecular weight is 432 g/mol. The smallest absolute Gasteiger partial charge is 0.197 e. The van der Waals surface area contributed by atoms with Gasteiger partial charge in [0.15, 0.2) is 17.3 Å². The molecule has 0 spiro atoms. The molecule has 2 aromatic rings. The fourth-order valence-corrected chi connectivity index (χ4v) is 4.52. The SMILES string of the molecule is COc1c(O)ccc2c1C(=O)c1cc(O)c(C)cc1[C@@H]2[C@@H]1O[C@H](CO)[C@@H](O)[C@H](O)[C@H]1O. The van der Waals surface area contributed by atoms with Gasteiger partial charge in [-0.2, -0.15) is 0 Å². The van der Waals surface area contributed by atoms with Crippen LogP contribution in [0, 0.1) is 6.92 Å². The van der Waals surface area contributed by atoms with Crippen molar-refractivity contribution in [1.29, 1.82) is 0 Å². The van der Waals surface area contributed by atoms with Crippen LogP contribution in [0.25, 0.3) is 0 Å². The summed E-state index contributed by atoms with van der Waals surface area (Å²) >= 11 is 0. The van der Waals surface area contributed by atoms with E-state index >= 15 is 0 Å². The molecule has 1 heterocycles. The predicted octanol–water partition coefficient (Wildman–Crippen LogP) is -0.0665. The van der Waals surface area contributed by atoms with Crippen molar-refractivity contribution in [1.82, 2.24) is 0 Å². The van der Waals surface area contributed by atoms with Crippen molar-refractivity contribution in [2.75, 3.05) is 13.7 Å². The number of carbonyl (C=O) groups excluding carboxylic acids is 1. The number of rotatable bonds is 3. The number of aliphatic hydroxyl groups is 4. The lowest BCUT2D eigenvalue weighted by atomic mass is 9.71. The van der Waals surface area contributed by atoms with Crippen molar-refractivity contribution in [2.24, 2.45) is 0 Å². The first kappa shape index (κ1) is 21.5. The Kier molecular flexibility index (Phi) is 5.40. The largest absolute Gasteiger partial charge is 0.508 e. The van der Waals surface area contributed by atoms with Crippen molar-refractivity contribution in [2.45, 2.75) is 43.4 Å². The Labute approximate surface area is 177 Å². The van der Waals surface area contributed by atoms with E-state index in [1.165, 1.54) is 25.3 Å². The van der Waals surface area contributed by atoms with E-state index in [1.807, 2.05) is 0 Å². The first-order valence-corrected chi connectivity index (χ1v) is 9.79. The molecule has 2 aromatic carbocycles. The van der Waals surface area contributed by atoms with Gasteiger partial charge in [-0.3, -0.25) is 4.79 Å². The van der Waals surface area contributed by atoms with Gasteiger partial charge >= 0.3 is 0 Å². The highest BCUT2D eigenvalue weighted by Crippen LogP contribution is 2.48. The maximum atomic E-state index is 13.3. The lowest BCUT2D eigenvalue weighted by Crippen LogP contribution is -2.60. The van der Waals surface area contributed by atoms with Gasteiger partial charge in [-0.1, -0.05) is 12.1 Å². The van der Waals surface area contributed by atoms with Crippen molar-refractivity contribution < 1.29 is 44.9 Å². The van der Waals surface area contributed by atoms with Crippen LogP contribution < -0.4 is 4.74 Å². The van der Waals surface area contributed by atoms with Gasteiger partial charge in [0.2, 0.25) is 0 Å². The molecule has 4 rings (SSSR count). The Hall–Kier alpha value is -2.69. The minimum absolute atomic E-state index is 0.0419. The second-order valence-corrected chi connectivity index (χ2v) is 7.91. The summed E-state index contributed by atoms with van der Waals surface area (Å²) in [5.74, 6) is -1.76. The molecule has 0 bridgehead atoms. The number of fused-ring (bicyclic) bond motifs is 2. The number of aromatic hydroxyl groups is 2. The number of aliphatic hydroxyl groups excluding tert-OH is 4. The molecule has 2 aliphatic rings. The predicted molar refractivity (Wildman–Crippen MR) is 107 cm³/mol. The summed E-state index contributed by atoms with van der Waals surface area (Å²) < 4.78 is 11.1. The highest BCUT2D eigenvalue weighted by atomic mass is 16.5. The molecule has 0 saturated carbocycles. The summed E-state index contributed by atoms with van der Waals surface area (Å²) in [5.41, 5.74) is 1.46. The molecule has 0 amide bonds. The number of ether oxygens (including phenoxy) is 2. The maximum absolute atomic E-state index is 13.3. The molecule has 0 aromatic heterocycles. The van der Waals surface area contributed by atoms with Crippen molar-refractivity contribution in [3.63, 3.8) is 0 Å². The van der Waals surface area contributed by atoms with Gasteiger partial charge in [0.25, 0.3) is 0 Å². The van der Waals surface area contributed by atoms with Gasteiger partial charge in [-0.15, -0.1) is 0 Å². The molecule has 9 heteroatoms. The molecule has 1 aliphatic heterocycles. The zero-order valence-electron chi connectivity index (χ0n) is 16.9. The van der Waals surface area contributed by atoms with Crippen LogP contribution in [0.5, 0.6) is 17.2 Å². The van der Waals surface area contributed by atoms with Gasteiger partial charge < -0.3 is 40.1 Å². The first-order chi connectivity index (χ1) is 14.7. The minimum atomic E-state index is -1.60. The van der Waals surface area contributed by atoms with Crippen LogP contribution in [0.15, 0.2) is 24.3 Å². The van der Waals surface area contributed by atoms with E-state index in [2.05, 4.69) is 0 Å². The summed E-state index contributed by atoms with van der Waals surface area (Å²) in [6.07, 6.45) is -6.97. The molecular formula is C22H24O9. The molecule has 6 atom stereocenters. The normalized spacial score (nSPS) is 29.9. The molecule has 1 saturated heterocycles. The summed E-state index contributed by atoms with van der Waals surface area (Å²) in [4.78, 5) is 13.3. The van der Waals surface area contributed by atoms with Gasteiger partial charge in [0.1, 0.15) is 30.2 Å². The maximum Gasteiger partial charge on any atom is 0.197 e. The summed E-state index contributed by atoms with van der Waals surface area (Å²) in [6, 6.07) is 5.75. The molecule has 31 heavy (non-hydrogen) atoms. The summed E-state index contributed by atoms with van der Waals surface area (Å²) in [7, 11) is 1.30. The first-order valence-electron chi connectivity index (χ1n) is 9.79. The number of aryl methyl sites for hydroxylation is 1. The number of ketones is 1. The monoisotopic (exact) mass is 432 g/mol. The van der Waals surface area contributed by atoms with Gasteiger partial charge in [-0.05, 0) is 35.7 Å². The Bertz CT molecular complexity index is 1030. The van der Waals surface area contributed by atoms with Gasteiger partial charge in [-0.25, -0.2) is 0 Å². The minimum Gasteiger partial charge on any atom is -0.508 e. The van der Waals surface area contributed by atoms with Crippen LogP contribution in [-0.2, 0) is 4.74 Å². The van der Waals surface area contributed by atoms with E-state index in [1.54, 1.807) is 13.0 Å². The molecule has 166 valence electrons. The lowest BCUT2D eigenvalue weighted by molar-refractivity contribution is -0.232. The Morgan fingerprint density at radius 3 is 2.35 bits per heavy atom. The lowest BCUT2D eigenvalue weighted by Gasteiger charge is -2.45. The van der Waals surface area contributed by atoms with E-state index in [0.717, 1.165) is 0 Å². The number of benzene rings is 2. The second-order valence-electron chi connectivity index (χ2n) is 7.91. The number of hydrogen-bond acceptors (Lipinski definition) is 9. The van der Waals surface area contributed by atoms with E-state index in [-0.39, 0.29) is 28.4 Å². The van der Waals surface area contributed by atoms with Crippen molar-refractivity contribution in [3.8, 4) is 17.2 Å². The standard InChI is InChI=1S/C22H24O9/c1-8-5-10-11(6-13(8)25)17(26)16-9(3-4-12(24)21(16)30-2)15(10)22-20(29)19(28)18(27)14(7-23)31-22/h3-6,14-15,18-20,22-25,27-29H,7H2,1-2H3/t14-,15-,18-,19+,20-,22+/m1/s1. The molecule has 1 aliphatic carbocycles. The van der Waals surface area contributed by atoms with Crippen molar-refractivity contribution >= 4 is 5.78 Å². The molecule has 0 radical (unpaired) electrons. The van der Waals surface area contributed by atoms with Crippen LogP contribution >= 0.6 is 0 Å². The van der Waals surface area contributed by atoms with E-state index in [0.29, 0.717) is 16.7 Å². The van der Waals surface area contributed by atoms with Crippen molar-refractivity contribution in [3.05, 3.63) is 52.1 Å². The third kappa shape index (κ3) is 3.17. The van der Waals surface area contributed by atoms with Crippen LogP contribution in [0.2, 0.25) is 0 Å². The molecule has 9 nitrogen and oxygen atoms in total. The quantitative estimate of drug-likeness (QED) is 0.391. The highest BCUT2D eigenvalue weighted by Gasteiger charge is 2.50. The fraction of sp³-hybridized carbons (Fsp3) is 0.409. The summed E-state index contributed by atoms with van der Waals surface area (Å²) in [6.45, 7) is 1.05. The Balaban J connectivity index is 1.98. The molecule has 0 unspecified atom stereocenters. The number of phenolic OH excluding ortho intramolecular Hbond substituents is 2. The average Bonchev–Trinajstić information content (AvgIpc) is 2.75. The third-order valence-electron chi connectivity index (χ3n) is 6.14. The van der Waals surface area contributed by atoms with Crippen LogP contribution in [-0.4, -0.2) is 80.7 Å². The Morgan fingerprint density at radius 1 is 1.00 bits per heavy atom. The Morgan fingerprint density at radius 2 is 1.71 bits per heavy atom. The van der Waals surface area contributed by atoms with Crippen LogP contribution in [0.3, 0.4) is 0 Å². The fourth-order valence-electron chi connectivity index (χ4n) is 4.52. The molecule has 1 fully saturated rings. The topological polar surface area (TPSA) is 157 Å². The number of hydrogen-bond donors (Lipinski definition) is 6. The number of methoxy groups -OCH3 is 1.